The van der Waals surface area contributed by atoms with Gasteiger partial charge in [-0.1, -0.05) is 59.7 Å². The molecule has 2 heterocycles. The number of nitrogens with zero attached hydrogens (tertiary/aromatic N) is 1. The molecule has 77 heavy (non-hydrogen) atoms. The molecule has 11 amide bonds. The molecular weight excluding hydrogens is 1010 g/mol. The van der Waals surface area contributed by atoms with Crippen LogP contribution < -0.4 is 59.7 Å². The van der Waals surface area contributed by atoms with E-state index in [1.54, 1.807) is 72.0 Å². The summed E-state index contributed by atoms with van der Waals surface area (Å²) in [5, 5.41) is 40.5. The standard InChI is InChI=1S/C50H77N13O14/c1-25(2)18-33(46(72)58-32(14-16-39(53)66)45(71)62-42(27(5)6)50(76)77)59-48(74)35(20-28-21-54-31-11-8-7-10-29(28)31)57-40(67)22-55-44(70)36(24-64)61-47(73)34(19-26(3)4)60-49(75)37-12-9-17-63(37)41(68)23-56-43(69)30(51)13-15-38(52)65/h7-8,10-11,21,25-27,30,32-37,42,54,64H,9,12-20,22-24,51H2,1-6H3,(H2,52,65)(H2,53,66)(H,55,70)(H,56,69)(H,57,67)(H,58,72)(H,59,74)(H,60,75)(H,61,73)(H,62,71)(H,76,77)/t30-,32-,33-,34-,35-,36-,37-,42-/m0/s1. The number of para-hydroxylation sites is 1. The van der Waals surface area contributed by atoms with Crippen molar-refractivity contribution >= 4 is 81.9 Å². The quantitative estimate of drug-likeness (QED) is 0.0339. The second kappa shape index (κ2) is 30.8. The number of aliphatic hydroxyl groups is 1. The van der Waals surface area contributed by atoms with E-state index in [0.717, 1.165) is 0 Å². The van der Waals surface area contributed by atoms with Crippen LogP contribution in [0.25, 0.3) is 10.9 Å². The average Bonchev–Trinajstić information content (AvgIpc) is 4.03. The van der Waals surface area contributed by atoms with Gasteiger partial charge in [-0.15, -0.1) is 0 Å². The van der Waals surface area contributed by atoms with Crippen LogP contribution in [0, 0.1) is 17.8 Å². The summed E-state index contributed by atoms with van der Waals surface area (Å²) >= 11 is 0. The molecule has 1 aliphatic heterocycles. The van der Waals surface area contributed by atoms with E-state index in [-0.39, 0.29) is 69.7 Å². The highest BCUT2D eigenvalue weighted by Crippen LogP contribution is 2.21. The first-order valence-corrected chi connectivity index (χ1v) is 25.6. The van der Waals surface area contributed by atoms with Crippen molar-refractivity contribution in [2.45, 2.75) is 148 Å². The predicted octanol–water partition coefficient (Wildman–Crippen LogP) is -3.47. The lowest BCUT2D eigenvalue weighted by atomic mass is 9.99. The van der Waals surface area contributed by atoms with E-state index in [9.17, 15) is 67.7 Å². The van der Waals surface area contributed by atoms with Gasteiger partial charge in [0.05, 0.1) is 25.7 Å². The van der Waals surface area contributed by atoms with Crippen LogP contribution in [0.3, 0.4) is 0 Å². The molecule has 0 radical (unpaired) electrons. The van der Waals surface area contributed by atoms with Crippen molar-refractivity contribution in [1.82, 2.24) is 52.4 Å². The van der Waals surface area contributed by atoms with Crippen LogP contribution in [0.1, 0.15) is 98.5 Å². The molecule has 2 aromatic rings. The fourth-order valence-electron chi connectivity index (χ4n) is 8.44. The van der Waals surface area contributed by atoms with Gasteiger partial charge in [0.25, 0.3) is 0 Å². The molecule has 0 aliphatic carbocycles. The lowest BCUT2D eigenvalue weighted by molar-refractivity contribution is -0.143. The van der Waals surface area contributed by atoms with Crippen molar-refractivity contribution in [2.24, 2.45) is 35.0 Å². The van der Waals surface area contributed by atoms with Crippen LogP contribution in [0.15, 0.2) is 30.5 Å². The highest BCUT2D eigenvalue weighted by Gasteiger charge is 2.38. The zero-order chi connectivity index (χ0) is 57.7. The van der Waals surface area contributed by atoms with Crippen LogP contribution in [-0.2, 0) is 64.0 Å². The molecule has 426 valence electrons. The van der Waals surface area contributed by atoms with Gasteiger partial charge in [-0.3, -0.25) is 52.7 Å². The lowest BCUT2D eigenvalue weighted by Crippen LogP contribution is -2.59. The Labute approximate surface area is 445 Å². The Morgan fingerprint density at radius 3 is 1.79 bits per heavy atom. The van der Waals surface area contributed by atoms with Crippen molar-refractivity contribution in [3.63, 3.8) is 0 Å². The van der Waals surface area contributed by atoms with Crippen molar-refractivity contribution in [3.8, 4) is 0 Å². The van der Waals surface area contributed by atoms with Gasteiger partial charge < -0.3 is 79.8 Å². The minimum absolute atomic E-state index is 0.0173. The molecule has 0 bridgehead atoms. The Morgan fingerprint density at radius 2 is 1.21 bits per heavy atom. The molecule has 3 rings (SSSR count). The maximum atomic E-state index is 14.3. The Kier molecular flexibility index (Phi) is 25.4. The number of nitrogens with two attached hydrogens (primary N) is 3. The fraction of sp³-hybridized carbons (Fsp3) is 0.600. The molecule has 8 atom stereocenters. The van der Waals surface area contributed by atoms with E-state index in [0.29, 0.717) is 22.9 Å². The van der Waals surface area contributed by atoms with Gasteiger partial charge in [0.2, 0.25) is 65.0 Å². The van der Waals surface area contributed by atoms with E-state index in [1.165, 1.54) is 4.90 Å². The molecule has 1 aromatic carbocycles. The third-order valence-corrected chi connectivity index (χ3v) is 12.5. The lowest BCUT2D eigenvalue weighted by Gasteiger charge is -2.28. The molecule has 1 aliphatic rings. The summed E-state index contributed by atoms with van der Waals surface area (Å²) in [4.78, 5) is 161. The normalized spacial score (nSPS) is 16.0. The van der Waals surface area contributed by atoms with Crippen LogP contribution in [-0.4, -0.2) is 166 Å². The summed E-state index contributed by atoms with van der Waals surface area (Å²) < 4.78 is 0. The third-order valence-electron chi connectivity index (χ3n) is 12.5. The number of benzene rings is 1. The number of likely N-dealkylation sites (tertiary alicyclic amines) is 1. The zero-order valence-corrected chi connectivity index (χ0v) is 44.4. The first-order valence-electron chi connectivity index (χ1n) is 25.6. The number of nitrogens with one attached hydrogen (secondary N) is 9. The third kappa shape index (κ3) is 20.8. The van der Waals surface area contributed by atoms with Gasteiger partial charge in [-0.2, -0.15) is 0 Å². The number of amides is 11. The van der Waals surface area contributed by atoms with Crippen molar-refractivity contribution < 1.29 is 67.7 Å². The predicted molar refractivity (Wildman–Crippen MR) is 278 cm³/mol. The van der Waals surface area contributed by atoms with Crippen molar-refractivity contribution in [1.29, 1.82) is 0 Å². The van der Waals surface area contributed by atoms with Crippen molar-refractivity contribution in [3.05, 3.63) is 36.0 Å². The SMILES string of the molecule is CC(C)C[C@H](NC(=O)[C@H](Cc1c[nH]c2ccccc12)NC(=O)CNC(=O)[C@H](CO)NC(=O)[C@H](CC(C)C)NC(=O)[C@@H]1CCCN1C(=O)CNC(=O)[C@@H](N)CCC(N)=O)C(=O)N[C@@H](CCC(N)=O)C(=O)N[C@H](C(=O)O)C(C)C. The van der Waals surface area contributed by atoms with Crippen LogP contribution in [0.2, 0.25) is 0 Å². The van der Waals surface area contributed by atoms with E-state index in [4.69, 9.17) is 17.2 Å². The molecule has 1 aromatic heterocycles. The second-order valence-corrected chi connectivity index (χ2v) is 20.2. The summed E-state index contributed by atoms with van der Waals surface area (Å²) in [7, 11) is 0. The summed E-state index contributed by atoms with van der Waals surface area (Å²) in [5.74, 6) is -11.1. The van der Waals surface area contributed by atoms with E-state index >= 15 is 0 Å². The number of aliphatic carboxylic acids is 1. The van der Waals surface area contributed by atoms with Crippen LogP contribution in [0.5, 0.6) is 0 Å². The first-order chi connectivity index (χ1) is 36.2. The number of carboxylic acids is 1. The monoisotopic (exact) mass is 1080 g/mol. The number of rotatable bonds is 32. The molecular formula is C50H77N13O14. The maximum absolute atomic E-state index is 14.3. The molecule has 0 saturated carbocycles. The van der Waals surface area contributed by atoms with Gasteiger partial charge in [0, 0.05) is 42.9 Å². The molecule has 0 unspecified atom stereocenters. The van der Waals surface area contributed by atoms with Gasteiger partial charge in [-0.05, 0) is 67.9 Å². The minimum Gasteiger partial charge on any atom is -0.480 e. The number of H-pyrrole nitrogens is 1. The number of hydrogen-bond donors (Lipinski definition) is 14. The highest BCUT2D eigenvalue weighted by atomic mass is 16.4. The Hall–Kier alpha value is -7.68. The Bertz CT molecular complexity index is 2450. The van der Waals surface area contributed by atoms with Gasteiger partial charge in [-0.25, -0.2) is 4.79 Å². The summed E-state index contributed by atoms with van der Waals surface area (Å²) in [5.41, 5.74) is 17.5. The molecule has 0 spiro atoms. The topological polar surface area (TPSA) is 439 Å². The fourth-order valence-corrected chi connectivity index (χ4v) is 8.44. The Morgan fingerprint density at radius 1 is 0.662 bits per heavy atom. The van der Waals surface area contributed by atoms with Crippen molar-refractivity contribution in [2.75, 3.05) is 26.2 Å². The molecule has 27 nitrogen and oxygen atoms in total. The van der Waals surface area contributed by atoms with E-state index in [1.807, 2.05) is 0 Å². The summed E-state index contributed by atoms with van der Waals surface area (Å²) in [6.45, 7) is 8.15. The first kappa shape index (κ1) is 63.6. The zero-order valence-electron chi connectivity index (χ0n) is 44.4. The van der Waals surface area contributed by atoms with Gasteiger partial charge in [0.1, 0.15) is 42.3 Å². The minimum atomic E-state index is -1.64. The number of aromatic nitrogens is 1. The number of carbonyl (C=O) groups is 12. The molecule has 1 saturated heterocycles. The van der Waals surface area contributed by atoms with Gasteiger partial charge in [0.15, 0.2) is 0 Å². The maximum Gasteiger partial charge on any atom is 0.326 e. The summed E-state index contributed by atoms with van der Waals surface area (Å²) in [6.07, 6.45) is 1.41. The highest BCUT2D eigenvalue weighted by molar-refractivity contribution is 5.98. The van der Waals surface area contributed by atoms with Crippen LogP contribution >= 0.6 is 0 Å². The number of primary amides is 2. The average molecular weight is 1080 g/mol. The number of carbonyl (C=O) groups excluding carboxylic acids is 11. The largest absolute Gasteiger partial charge is 0.480 e. The van der Waals surface area contributed by atoms with E-state index < -0.39 is 145 Å². The summed E-state index contributed by atoms with van der Waals surface area (Å²) in [6, 6.07) is -3.41. The number of hydrogen-bond acceptors (Lipinski definition) is 14. The van der Waals surface area contributed by atoms with Gasteiger partial charge >= 0.3 is 5.97 Å². The second-order valence-electron chi connectivity index (χ2n) is 20.2. The van der Waals surface area contributed by atoms with E-state index in [2.05, 4.69) is 47.5 Å². The number of aromatic amines is 1. The van der Waals surface area contributed by atoms with Crippen LogP contribution in [0.4, 0.5) is 0 Å². The molecule has 17 N–H and O–H groups in total. The molecule has 1 fully saturated rings. The number of aliphatic hydroxyl groups excluding tert-OH is 1. The smallest absolute Gasteiger partial charge is 0.326 e. The number of fused-ring (bicyclic) bond motifs is 1. The Balaban J connectivity index is 1.75. The molecule has 27 heteroatoms. The number of carboxylic acid groups (broad SMARTS) is 1.